The summed E-state index contributed by atoms with van der Waals surface area (Å²) in [5.74, 6) is 0.796. The SMILES string of the molecule is CC(C)Oc1cc(N2CCCC2(C)C)ccc1N. The first-order valence-corrected chi connectivity index (χ1v) is 6.74. The molecule has 18 heavy (non-hydrogen) atoms. The highest BCUT2D eigenvalue weighted by Crippen LogP contribution is 2.36. The fourth-order valence-corrected chi connectivity index (χ4v) is 2.63. The molecule has 1 aromatic carbocycles. The van der Waals surface area contributed by atoms with Crippen LogP contribution in [0.3, 0.4) is 0 Å². The van der Waals surface area contributed by atoms with Crippen molar-refractivity contribution in [3.8, 4) is 5.75 Å². The summed E-state index contributed by atoms with van der Waals surface area (Å²) < 4.78 is 5.76. The van der Waals surface area contributed by atoms with Gasteiger partial charge in [0, 0.05) is 23.8 Å². The molecule has 0 saturated carbocycles. The summed E-state index contributed by atoms with van der Waals surface area (Å²) in [4.78, 5) is 2.44. The van der Waals surface area contributed by atoms with Crippen molar-refractivity contribution in [1.82, 2.24) is 0 Å². The molecule has 0 radical (unpaired) electrons. The highest BCUT2D eigenvalue weighted by Gasteiger charge is 2.32. The lowest BCUT2D eigenvalue weighted by molar-refractivity contribution is 0.244. The minimum Gasteiger partial charge on any atom is -0.489 e. The maximum Gasteiger partial charge on any atom is 0.144 e. The average molecular weight is 248 g/mol. The van der Waals surface area contributed by atoms with Crippen LogP contribution in [0.5, 0.6) is 5.75 Å². The number of rotatable bonds is 3. The van der Waals surface area contributed by atoms with Gasteiger partial charge in [0.15, 0.2) is 0 Å². The Balaban J connectivity index is 2.29. The van der Waals surface area contributed by atoms with Crippen LogP contribution in [-0.2, 0) is 0 Å². The van der Waals surface area contributed by atoms with Crippen LogP contribution in [0.4, 0.5) is 11.4 Å². The van der Waals surface area contributed by atoms with E-state index in [9.17, 15) is 0 Å². The van der Waals surface area contributed by atoms with Gasteiger partial charge in [-0.05, 0) is 52.7 Å². The van der Waals surface area contributed by atoms with Gasteiger partial charge in [-0.3, -0.25) is 0 Å². The van der Waals surface area contributed by atoms with Gasteiger partial charge in [0.1, 0.15) is 5.75 Å². The van der Waals surface area contributed by atoms with Crippen LogP contribution in [0.2, 0.25) is 0 Å². The molecule has 1 aliphatic heterocycles. The van der Waals surface area contributed by atoms with Gasteiger partial charge < -0.3 is 15.4 Å². The van der Waals surface area contributed by atoms with Gasteiger partial charge >= 0.3 is 0 Å². The van der Waals surface area contributed by atoms with E-state index < -0.39 is 0 Å². The summed E-state index contributed by atoms with van der Waals surface area (Å²) in [7, 11) is 0. The highest BCUT2D eigenvalue weighted by molar-refractivity contribution is 5.63. The van der Waals surface area contributed by atoms with Crippen LogP contribution < -0.4 is 15.4 Å². The Morgan fingerprint density at radius 2 is 2.06 bits per heavy atom. The smallest absolute Gasteiger partial charge is 0.144 e. The molecule has 0 aromatic heterocycles. The third kappa shape index (κ3) is 2.55. The number of anilines is 2. The lowest BCUT2D eigenvalue weighted by Gasteiger charge is -2.34. The standard InChI is InChI=1S/C15H24N2O/c1-11(2)18-14-10-12(6-7-13(14)16)17-9-5-8-15(17,3)4/h6-7,10-11H,5,8-9,16H2,1-4H3. The van der Waals surface area contributed by atoms with Crippen LogP contribution in [0.15, 0.2) is 18.2 Å². The fraction of sp³-hybridized carbons (Fsp3) is 0.600. The second-order valence-electron chi connectivity index (χ2n) is 5.96. The zero-order valence-electron chi connectivity index (χ0n) is 11.9. The molecule has 3 heteroatoms. The van der Waals surface area contributed by atoms with Crippen molar-refractivity contribution >= 4 is 11.4 Å². The Bertz CT molecular complexity index is 427. The van der Waals surface area contributed by atoms with E-state index >= 15 is 0 Å². The van der Waals surface area contributed by atoms with Gasteiger partial charge in [-0.1, -0.05) is 0 Å². The van der Waals surface area contributed by atoms with E-state index in [4.69, 9.17) is 10.5 Å². The molecule has 0 atom stereocenters. The quantitative estimate of drug-likeness (QED) is 0.833. The van der Waals surface area contributed by atoms with Gasteiger partial charge in [-0.25, -0.2) is 0 Å². The largest absolute Gasteiger partial charge is 0.489 e. The van der Waals surface area contributed by atoms with Crippen LogP contribution in [0, 0.1) is 0 Å². The van der Waals surface area contributed by atoms with Gasteiger partial charge in [0.25, 0.3) is 0 Å². The van der Waals surface area contributed by atoms with Crippen LogP contribution in [-0.4, -0.2) is 18.2 Å². The van der Waals surface area contributed by atoms with Gasteiger partial charge in [0.05, 0.1) is 11.8 Å². The zero-order chi connectivity index (χ0) is 13.3. The molecular formula is C15H24N2O. The summed E-state index contributed by atoms with van der Waals surface area (Å²) in [6, 6.07) is 6.11. The molecule has 2 N–H and O–H groups in total. The minimum absolute atomic E-state index is 0.147. The summed E-state index contributed by atoms with van der Waals surface area (Å²) in [6.45, 7) is 9.73. The first-order valence-electron chi connectivity index (χ1n) is 6.74. The molecule has 0 amide bonds. The monoisotopic (exact) mass is 248 g/mol. The van der Waals surface area contributed by atoms with E-state index in [-0.39, 0.29) is 11.6 Å². The molecule has 0 aliphatic carbocycles. The van der Waals surface area contributed by atoms with Crippen molar-refractivity contribution in [3.63, 3.8) is 0 Å². The fourth-order valence-electron chi connectivity index (χ4n) is 2.63. The minimum atomic E-state index is 0.147. The van der Waals surface area contributed by atoms with Gasteiger partial charge in [0.2, 0.25) is 0 Å². The number of hydrogen-bond donors (Lipinski definition) is 1. The van der Waals surface area contributed by atoms with Crippen molar-refractivity contribution in [2.24, 2.45) is 0 Å². The first kappa shape index (κ1) is 13.1. The second-order valence-corrected chi connectivity index (χ2v) is 5.96. The Kier molecular flexibility index (Phi) is 3.42. The molecule has 2 rings (SSSR count). The third-order valence-electron chi connectivity index (χ3n) is 3.57. The van der Waals surface area contributed by atoms with Crippen LogP contribution in [0.25, 0.3) is 0 Å². The molecular weight excluding hydrogens is 224 g/mol. The van der Waals surface area contributed by atoms with E-state index in [2.05, 4.69) is 30.9 Å². The van der Waals surface area contributed by atoms with E-state index in [1.165, 1.54) is 18.5 Å². The molecule has 1 aromatic rings. The average Bonchev–Trinajstić information content (AvgIpc) is 2.61. The molecule has 3 nitrogen and oxygen atoms in total. The molecule has 1 aliphatic rings. The summed E-state index contributed by atoms with van der Waals surface area (Å²) in [6.07, 6.45) is 2.63. The lowest BCUT2D eigenvalue weighted by atomic mass is 10.0. The molecule has 1 saturated heterocycles. The first-order chi connectivity index (χ1) is 8.40. The second kappa shape index (κ2) is 4.71. The van der Waals surface area contributed by atoms with Gasteiger partial charge in [-0.2, -0.15) is 0 Å². The molecule has 1 fully saturated rings. The topological polar surface area (TPSA) is 38.5 Å². The predicted molar refractivity (Wildman–Crippen MR) is 77.3 cm³/mol. The molecule has 1 heterocycles. The number of hydrogen-bond acceptors (Lipinski definition) is 3. The van der Waals surface area contributed by atoms with Crippen molar-refractivity contribution < 1.29 is 4.74 Å². The molecule has 0 spiro atoms. The van der Waals surface area contributed by atoms with Gasteiger partial charge in [-0.15, -0.1) is 0 Å². The van der Waals surface area contributed by atoms with E-state index in [1.807, 2.05) is 19.9 Å². The maximum absolute atomic E-state index is 5.96. The number of nitrogens with zero attached hydrogens (tertiary/aromatic N) is 1. The van der Waals surface area contributed by atoms with Crippen LogP contribution in [0.1, 0.15) is 40.5 Å². The zero-order valence-corrected chi connectivity index (χ0v) is 11.9. The molecule has 0 bridgehead atoms. The number of benzene rings is 1. The summed E-state index contributed by atoms with van der Waals surface area (Å²) in [5, 5.41) is 0. The Hall–Kier alpha value is -1.38. The van der Waals surface area contributed by atoms with E-state index in [0.717, 1.165) is 12.3 Å². The Labute approximate surface area is 110 Å². The lowest BCUT2D eigenvalue weighted by Crippen LogP contribution is -2.38. The Morgan fingerprint density at radius 1 is 1.33 bits per heavy atom. The molecule has 100 valence electrons. The van der Waals surface area contributed by atoms with Crippen molar-refractivity contribution in [2.75, 3.05) is 17.2 Å². The predicted octanol–water partition coefficient (Wildman–Crippen LogP) is 3.43. The highest BCUT2D eigenvalue weighted by atomic mass is 16.5. The van der Waals surface area contributed by atoms with Crippen molar-refractivity contribution in [1.29, 1.82) is 0 Å². The third-order valence-corrected chi connectivity index (χ3v) is 3.57. The van der Waals surface area contributed by atoms with E-state index in [0.29, 0.717) is 5.69 Å². The number of ether oxygens (including phenoxy) is 1. The summed E-state index contributed by atoms with van der Waals surface area (Å²) >= 11 is 0. The maximum atomic E-state index is 5.96. The molecule has 0 unspecified atom stereocenters. The van der Waals surface area contributed by atoms with Crippen LogP contribution >= 0.6 is 0 Å². The van der Waals surface area contributed by atoms with Crippen molar-refractivity contribution in [2.45, 2.75) is 52.2 Å². The Morgan fingerprint density at radius 3 is 2.61 bits per heavy atom. The number of nitrogen functional groups attached to an aromatic ring is 1. The van der Waals surface area contributed by atoms with E-state index in [1.54, 1.807) is 0 Å². The van der Waals surface area contributed by atoms with Crippen molar-refractivity contribution in [3.05, 3.63) is 18.2 Å². The number of nitrogens with two attached hydrogens (primary N) is 1. The summed E-state index contributed by atoms with van der Waals surface area (Å²) in [5.41, 5.74) is 8.11. The normalized spacial score (nSPS) is 18.4.